The molecule has 1 aliphatic heterocycles. The van der Waals surface area contributed by atoms with Crippen LogP contribution in [0.3, 0.4) is 0 Å². The molecule has 0 saturated carbocycles. The van der Waals surface area contributed by atoms with Crippen molar-refractivity contribution in [3.63, 3.8) is 0 Å². The first-order valence-corrected chi connectivity index (χ1v) is 6.34. The average molecular weight is 232 g/mol. The molecule has 0 spiro atoms. The van der Waals surface area contributed by atoms with Crippen LogP contribution in [-0.4, -0.2) is 19.0 Å². The fourth-order valence-electron chi connectivity index (χ4n) is 2.32. The summed E-state index contributed by atoms with van der Waals surface area (Å²) in [7, 11) is 0. The summed E-state index contributed by atoms with van der Waals surface area (Å²) in [5.74, 6) is 0.515. The molecule has 1 fully saturated rings. The Balaban J connectivity index is 2.09. The maximum absolute atomic E-state index is 11.8. The lowest BCUT2D eigenvalue weighted by molar-refractivity contribution is -0.117. The minimum Gasteiger partial charge on any atom is -0.330 e. The van der Waals surface area contributed by atoms with Crippen LogP contribution in [0.25, 0.3) is 0 Å². The predicted molar refractivity (Wildman–Crippen MR) is 70.0 cm³/mol. The van der Waals surface area contributed by atoms with Crippen LogP contribution in [0, 0.1) is 5.92 Å². The van der Waals surface area contributed by atoms with Gasteiger partial charge in [0.1, 0.15) is 0 Å². The van der Waals surface area contributed by atoms with E-state index in [1.54, 1.807) is 0 Å². The zero-order chi connectivity index (χ0) is 12.3. The monoisotopic (exact) mass is 232 g/mol. The summed E-state index contributed by atoms with van der Waals surface area (Å²) in [6.07, 6.45) is 2.84. The lowest BCUT2D eigenvalue weighted by Gasteiger charge is -2.16. The van der Waals surface area contributed by atoms with E-state index in [9.17, 15) is 4.79 Å². The third-order valence-electron chi connectivity index (χ3n) is 3.33. The van der Waals surface area contributed by atoms with Crippen LogP contribution in [0.15, 0.2) is 24.3 Å². The molecule has 3 heteroatoms. The first-order valence-electron chi connectivity index (χ1n) is 6.34. The van der Waals surface area contributed by atoms with E-state index in [1.807, 2.05) is 17.0 Å². The van der Waals surface area contributed by atoms with Crippen LogP contribution in [0.4, 0.5) is 5.69 Å². The SMILES string of the molecule is CCCc1ccc(N2CC(CN)CC2=O)cc1. The second-order valence-electron chi connectivity index (χ2n) is 4.73. The second-order valence-corrected chi connectivity index (χ2v) is 4.73. The molecule has 0 radical (unpaired) electrons. The number of rotatable bonds is 4. The van der Waals surface area contributed by atoms with Gasteiger partial charge in [-0.3, -0.25) is 4.79 Å². The summed E-state index contributed by atoms with van der Waals surface area (Å²) in [6, 6.07) is 8.31. The van der Waals surface area contributed by atoms with Gasteiger partial charge in [-0.15, -0.1) is 0 Å². The molecule has 3 nitrogen and oxygen atoms in total. The number of aryl methyl sites for hydroxylation is 1. The van der Waals surface area contributed by atoms with Crippen molar-refractivity contribution in [3.8, 4) is 0 Å². The Kier molecular flexibility index (Phi) is 3.79. The van der Waals surface area contributed by atoms with Gasteiger partial charge in [-0.2, -0.15) is 0 Å². The highest BCUT2D eigenvalue weighted by molar-refractivity contribution is 5.95. The third-order valence-corrected chi connectivity index (χ3v) is 3.33. The Hall–Kier alpha value is -1.35. The Labute approximate surface area is 103 Å². The van der Waals surface area contributed by atoms with Crippen molar-refractivity contribution in [1.82, 2.24) is 0 Å². The van der Waals surface area contributed by atoms with E-state index in [0.29, 0.717) is 18.9 Å². The molecule has 1 aromatic rings. The van der Waals surface area contributed by atoms with E-state index in [0.717, 1.165) is 25.1 Å². The van der Waals surface area contributed by atoms with Crippen LogP contribution < -0.4 is 10.6 Å². The number of carbonyl (C=O) groups is 1. The van der Waals surface area contributed by atoms with E-state index < -0.39 is 0 Å². The number of hydrogen-bond donors (Lipinski definition) is 1. The summed E-state index contributed by atoms with van der Waals surface area (Å²) >= 11 is 0. The van der Waals surface area contributed by atoms with Gasteiger partial charge in [0.05, 0.1) is 0 Å². The fraction of sp³-hybridized carbons (Fsp3) is 0.500. The summed E-state index contributed by atoms with van der Waals surface area (Å²) in [6.45, 7) is 3.53. The van der Waals surface area contributed by atoms with Crippen LogP contribution in [0.2, 0.25) is 0 Å². The first-order chi connectivity index (χ1) is 8.24. The number of benzene rings is 1. The van der Waals surface area contributed by atoms with Gasteiger partial charge in [0, 0.05) is 18.7 Å². The topological polar surface area (TPSA) is 46.3 Å². The Bertz CT molecular complexity index is 386. The molecule has 1 heterocycles. The molecule has 0 bridgehead atoms. The Morgan fingerprint density at radius 3 is 2.59 bits per heavy atom. The molecule has 1 atom stereocenters. The molecule has 17 heavy (non-hydrogen) atoms. The molecule has 1 aliphatic rings. The molecule has 92 valence electrons. The predicted octanol–water partition coefficient (Wildman–Crippen LogP) is 1.95. The largest absolute Gasteiger partial charge is 0.330 e. The van der Waals surface area contributed by atoms with Gasteiger partial charge >= 0.3 is 0 Å². The summed E-state index contributed by atoms with van der Waals surface area (Å²) in [5.41, 5.74) is 7.96. The smallest absolute Gasteiger partial charge is 0.227 e. The number of hydrogen-bond acceptors (Lipinski definition) is 2. The molecule has 0 aromatic heterocycles. The van der Waals surface area contributed by atoms with Gasteiger partial charge in [0.15, 0.2) is 0 Å². The maximum atomic E-state index is 11.8. The van der Waals surface area contributed by atoms with Gasteiger partial charge in [-0.25, -0.2) is 0 Å². The Morgan fingerprint density at radius 2 is 2.06 bits per heavy atom. The van der Waals surface area contributed by atoms with Crippen molar-refractivity contribution < 1.29 is 4.79 Å². The van der Waals surface area contributed by atoms with E-state index in [-0.39, 0.29) is 5.91 Å². The summed E-state index contributed by atoms with van der Waals surface area (Å²) in [5, 5.41) is 0. The Morgan fingerprint density at radius 1 is 1.35 bits per heavy atom. The average Bonchev–Trinajstić information content (AvgIpc) is 2.72. The van der Waals surface area contributed by atoms with Crippen LogP contribution in [0.5, 0.6) is 0 Å². The van der Waals surface area contributed by atoms with Crippen molar-refractivity contribution in [3.05, 3.63) is 29.8 Å². The second kappa shape index (κ2) is 5.32. The van der Waals surface area contributed by atoms with Gasteiger partial charge in [0.25, 0.3) is 0 Å². The minimum absolute atomic E-state index is 0.198. The van der Waals surface area contributed by atoms with Gasteiger partial charge in [0.2, 0.25) is 5.91 Å². The third kappa shape index (κ3) is 2.67. The van der Waals surface area contributed by atoms with Crippen molar-refractivity contribution in [1.29, 1.82) is 0 Å². The molecule has 1 amide bonds. The highest BCUT2D eigenvalue weighted by Crippen LogP contribution is 2.24. The fourth-order valence-corrected chi connectivity index (χ4v) is 2.32. The molecule has 1 aromatic carbocycles. The number of nitrogens with two attached hydrogens (primary N) is 1. The maximum Gasteiger partial charge on any atom is 0.227 e. The van der Waals surface area contributed by atoms with Gasteiger partial charge in [-0.1, -0.05) is 25.5 Å². The lowest BCUT2D eigenvalue weighted by atomic mass is 10.1. The van der Waals surface area contributed by atoms with Crippen LogP contribution in [-0.2, 0) is 11.2 Å². The zero-order valence-corrected chi connectivity index (χ0v) is 10.4. The first kappa shape index (κ1) is 12.1. The standard InChI is InChI=1S/C14H20N2O/c1-2-3-11-4-6-13(7-5-11)16-10-12(9-15)8-14(16)17/h4-7,12H,2-3,8-10,15H2,1H3. The van der Waals surface area contributed by atoms with Crippen molar-refractivity contribution in [2.75, 3.05) is 18.0 Å². The molecular weight excluding hydrogens is 212 g/mol. The minimum atomic E-state index is 0.198. The van der Waals surface area contributed by atoms with Crippen molar-refractivity contribution in [2.24, 2.45) is 11.7 Å². The lowest BCUT2D eigenvalue weighted by Crippen LogP contribution is -2.25. The van der Waals surface area contributed by atoms with Crippen LogP contribution >= 0.6 is 0 Å². The molecular formula is C14H20N2O. The van der Waals surface area contributed by atoms with Crippen molar-refractivity contribution in [2.45, 2.75) is 26.2 Å². The van der Waals surface area contributed by atoms with Crippen molar-refractivity contribution >= 4 is 11.6 Å². The summed E-state index contributed by atoms with van der Waals surface area (Å²) in [4.78, 5) is 13.7. The van der Waals surface area contributed by atoms with Gasteiger partial charge in [-0.05, 0) is 36.6 Å². The number of carbonyl (C=O) groups excluding carboxylic acids is 1. The quantitative estimate of drug-likeness (QED) is 0.862. The number of anilines is 1. The van der Waals surface area contributed by atoms with E-state index >= 15 is 0 Å². The highest BCUT2D eigenvalue weighted by Gasteiger charge is 2.29. The number of nitrogens with zero attached hydrogens (tertiary/aromatic N) is 1. The van der Waals surface area contributed by atoms with E-state index in [4.69, 9.17) is 5.73 Å². The van der Waals surface area contributed by atoms with Crippen LogP contribution in [0.1, 0.15) is 25.3 Å². The number of amides is 1. The molecule has 1 unspecified atom stereocenters. The highest BCUT2D eigenvalue weighted by atomic mass is 16.2. The summed E-state index contributed by atoms with van der Waals surface area (Å²) < 4.78 is 0. The van der Waals surface area contributed by atoms with E-state index in [2.05, 4.69) is 19.1 Å². The normalized spacial score (nSPS) is 20.0. The molecule has 2 N–H and O–H groups in total. The molecule has 1 saturated heterocycles. The van der Waals surface area contributed by atoms with Gasteiger partial charge < -0.3 is 10.6 Å². The molecule has 0 aliphatic carbocycles. The molecule has 2 rings (SSSR count). The zero-order valence-electron chi connectivity index (χ0n) is 10.4. The van der Waals surface area contributed by atoms with E-state index in [1.165, 1.54) is 5.56 Å².